The number of aryl methyl sites for hydroxylation is 2. The number of nitrogens with one attached hydrogen (secondary N) is 1. The Labute approximate surface area is 111 Å². The molecule has 0 aromatic carbocycles. The number of hydrogen-bond donors (Lipinski definition) is 1. The number of hydrogen-bond acceptors (Lipinski definition) is 5. The molecule has 0 atom stereocenters. The molecule has 2 heterocycles. The summed E-state index contributed by atoms with van der Waals surface area (Å²) in [7, 11) is 0. The number of aromatic nitrogens is 3. The monoisotopic (exact) mass is 344 g/mol. The van der Waals surface area contributed by atoms with E-state index in [0.29, 0.717) is 0 Å². The van der Waals surface area contributed by atoms with Gasteiger partial charge in [0.05, 0.1) is 9.26 Å². The molecule has 0 spiro atoms. The fourth-order valence-corrected chi connectivity index (χ4v) is 3.23. The maximum absolute atomic E-state index is 4.57. The Hall–Kier alpha value is -0.760. The van der Waals surface area contributed by atoms with Gasteiger partial charge < -0.3 is 5.32 Å². The lowest BCUT2D eigenvalue weighted by atomic mass is 10.4. The van der Waals surface area contributed by atoms with E-state index in [9.17, 15) is 0 Å². The molecule has 2 aromatic heterocycles. The molecular formula is C10H9IN4S. The summed E-state index contributed by atoms with van der Waals surface area (Å²) >= 11 is 3.95. The Morgan fingerprint density at radius 2 is 2.31 bits per heavy atom. The van der Waals surface area contributed by atoms with E-state index < -0.39 is 0 Å². The predicted molar refractivity (Wildman–Crippen MR) is 72.2 cm³/mol. The summed E-state index contributed by atoms with van der Waals surface area (Å²) in [5.41, 5.74) is 1.26. The Balaban J connectivity index is 1.87. The van der Waals surface area contributed by atoms with Gasteiger partial charge in [0.25, 0.3) is 0 Å². The molecule has 2 aromatic rings. The van der Waals surface area contributed by atoms with E-state index in [0.717, 1.165) is 20.9 Å². The lowest BCUT2D eigenvalue weighted by molar-refractivity contribution is 0.900. The van der Waals surface area contributed by atoms with Crippen LogP contribution in [0, 0.1) is 3.57 Å². The van der Waals surface area contributed by atoms with Crippen molar-refractivity contribution in [1.82, 2.24) is 15.0 Å². The first-order valence-corrected chi connectivity index (χ1v) is 6.93. The van der Waals surface area contributed by atoms with Crippen molar-refractivity contribution in [3.8, 4) is 0 Å². The molecule has 0 bridgehead atoms. The van der Waals surface area contributed by atoms with Crippen LogP contribution in [0.5, 0.6) is 0 Å². The third kappa shape index (κ3) is 1.91. The minimum absolute atomic E-state index is 0.836. The van der Waals surface area contributed by atoms with E-state index in [1.165, 1.54) is 23.4 Å². The summed E-state index contributed by atoms with van der Waals surface area (Å²) in [6.07, 6.45) is 6.88. The first-order valence-electron chi connectivity index (χ1n) is 5.04. The van der Waals surface area contributed by atoms with Crippen LogP contribution >= 0.6 is 33.9 Å². The highest BCUT2D eigenvalue weighted by Gasteiger charge is 2.17. The molecular weight excluding hydrogens is 335 g/mol. The number of fused-ring (bicyclic) bond motifs is 1. The molecule has 6 heteroatoms. The molecule has 0 saturated carbocycles. The second-order valence-electron chi connectivity index (χ2n) is 3.59. The van der Waals surface area contributed by atoms with Gasteiger partial charge in [-0.25, -0.2) is 15.0 Å². The minimum Gasteiger partial charge on any atom is -0.315 e. The maximum atomic E-state index is 4.57. The molecule has 0 fully saturated rings. The van der Waals surface area contributed by atoms with Gasteiger partial charge in [-0.2, -0.15) is 0 Å². The molecule has 4 nitrogen and oxygen atoms in total. The molecule has 0 amide bonds. The minimum atomic E-state index is 0.836. The fourth-order valence-electron chi connectivity index (χ4n) is 1.75. The molecule has 0 aliphatic heterocycles. The summed E-state index contributed by atoms with van der Waals surface area (Å²) in [5.74, 6) is 0.836. The average Bonchev–Trinajstić information content (AvgIpc) is 2.81. The van der Waals surface area contributed by atoms with Crippen LogP contribution in [0.25, 0.3) is 0 Å². The maximum Gasteiger partial charge on any atom is 0.188 e. The van der Waals surface area contributed by atoms with Crippen LogP contribution in [-0.4, -0.2) is 15.0 Å². The molecule has 0 saturated heterocycles. The largest absolute Gasteiger partial charge is 0.315 e. The Bertz CT molecular complexity index is 504. The van der Waals surface area contributed by atoms with Crippen molar-refractivity contribution >= 4 is 44.9 Å². The van der Waals surface area contributed by atoms with Gasteiger partial charge in [-0.05, 0) is 41.9 Å². The average molecular weight is 344 g/mol. The highest BCUT2D eigenvalue weighted by molar-refractivity contribution is 14.1. The zero-order valence-corrected chi connectivity index (χ0v) is 11.4. The third-order valence-electron chi connectivity index (χ3n) is 2.49. The molecule has 0 unspecified atom stereocenters. The van der Waals surface area contributed by atoms with Gasteiger partial charge in [0, 0.05) is 11.1 Å². The van der Waals surface area contributed by atoms with Crippen LogP contribution in [0.1, 0.15) is 17.0 Å². The third-order valence-corrected chi connectivity index (χ3v) is 4.35. The highest BCUT2D eigenvalue weighted by Crippen LogP contribution is 2.32. The van der Waals surface area contributed by atoms with Crippen molar-refractivity contribution in [2.45, 2.75) is 19.3 Å². The predicted octanol–water partition coefficient (Wildman–Crippen LogP) is 2.77. The second-order valence-corrected chi connectivity index (χ2v) is 5.83. The number of nitrogens with zero attached hydrogens (tertiary/aromatic N) is 3. The van der Waals surface area contributed by atoms with Gasteiger partial charge in [-0.1, -0.05) is 0 Å². The number of anilines is 2. The van der Waals surface area contributed by atoms with Crippen LogP contribution < -0.4 is 5.32 Å². The molecule has 0 radical (unpaired) electrons. The van der Waals surface area contributed by atoms with E-state index in [4.69, 9.17) is 0 Å². The molecule has 1 aliphatic rings. The zero-order valence-electron chi connectivity index (χ0n) is 8.40. The van der Waals surface area contributed by atoms with Gasteiger partial charge in [0.1, 0.15) is 12.1 Å². The van der Waals surface area contributed by atoms with Crippen molar-refractivity contribution in [1.29, 1.82) is 0 Å². The lowest BCUT2D eigenvalue weighted by Gasteiger charge is -2.02. The molecule has 16 heavy (non-hydrogen) atoms. The van der Waals surface area contributed by atoms with Crippen LogP contribution in [0.3, 0.4) is 0 Å². The highest BCUT2D eigenvalue weighted by atomic mass is 127. The van der Waals surface area contributed by atoms with E-state index in [1.807, 2.05) is 0 Å². The normalized spacial score (nSPS) is 13.8. The van der Waals surface area contributed by atoms with Crippen LogP contribution in [0.15, 0.2) is 12.5 Å². The van der Waals surface area contributed by atoms with E-state index in [-0.39, 0.29) is 0 Å². The standard InChI is InChI=1S/C10H9IN4S/c11-6-4-12-5-13-9(6)15-10-14-7-2-1-3-8(7)16-10/h4-5H,1-3H2,(H,12,13,14,15). The van der Waals surface area contributed by atoms with Gasteiger partial charge in [0.15, 0.2) is 5.13 Å². The quantitative estimate of drug-likeness (QED) is 0.852. The van der Waals surface area contributed by atoms with E-state index in [1.54, 1.807) is 23.9 Å². The second kappa shape index (κ2) is 4.25. The van der Waals surface area contributed by atoms with Gasteiger partial charge in [-0.15, -0.1) is 11.3 Å². The van der Waals surface area contributed by atoms with Crippen LogP contribution in [0.2, 0.25) is 0 Å². The van der Waals surface area contributed by atoms with Crippen LogP contribution in [0.4, 0.5) is 10.9 Å². The summed E-state index contributed by atoms with van der Waals surface area (Å²) in [5, 5.41) is 4.20. The summed E-state index contributed by atoms with van der Waals surface area (Å²) in [6.45, 7) is 0. The summed E-state index contributed by atoms with van der Waals surface area (Å²) in [6, 6.07) is 0. The Morgan fingerprint density at radius 3 is 3.12 bits per heavy atom. The number of halogens is 1. The first kappa shape index (κ1) is 10.4. The SMILES string of the molecule is Ic1cncnc1Nc1nc2c(s1)CCC2. The summed E-state index contributed by atoms with van der Waals surface area (Å²) < 4.78 is 1.01. The first-order chi connectivity index (χ1) is 7.83. The lowest BCUT2D eigenvalue weighted by Crippen LogP contribution is -1.96. The topological polar surface area (TPSA) is 50.7 Å². The molecule has 1 N–H and O–H groups in total. The Morgan fingerprint density at radius 1 is 1.38 bits per heavy atom. The van der Waals surface area contributed by atoms with E-state index >= 15 is 0 Å². The number of rotatable bonds is 2. The van der Waals surface area contributed by atoms with Gasteiger partial charge in [0.2, 0.25) is 0 Å². The van der Waals surface area contributed by atoms with Gasteiger partial charge >= 0.3 is 0 Å². The van der Waals surface area contributed by atoms with Gasteiger partial charge in [-0.3, -0.25) is 0 Å². The van der Waals surface area contributed by atoms with Crippen LogP contribution in [-0.2, 0) is 12.8 Å². The van der Waals surface area contributed by atoms with Crippen molar-refractivity contribution < 1.29 is 0 Å². The molecule has 1 aliphatic carbocycles. The van der Waals surface area contributed by atoms with Crippen molar-refractivity contribution in [3.05, 3.63) is 26.7 Å². The van der Waals surface area contributed by atoms with Crippen molar-refractivity contribution in [3.63, 3.8) is 0 Å². The fraction of sp³-hybridized carbons (Fsp3) is 0.300. The zero-order chi connectivity index (χ0) is 11.0. The Kier molecular flexibility index (Phi) is 2.76. The smallest absolute Gasteiger partial charge is 0.188 e. The van der Waals surface area contributed by atoms with E-state index in [2.05, 4.69) is 42.9 Å². The molecule has 82 valence electrons. The summed E-state index contributed by atoms with van der Waals surface area (Å²) in [4.78, 5) is 14.1. The number of thiazole rings is 1. The van der Waals surface area contributed by atoms with Crippen molar-refractivity contribution in [2.24, 2.45) is 0 Å². The molecule has 3 rings (SSSR count). The van der Waals surface area contributed by atoms with Crippen molar-refractivity contribution in [2.75, 3.05) is 5.32 Å².